The largest absolute Gasteiger partial charge is 0.339 e. The Bertz CT molecular complexity index is 399. The van der Waals surface area contributed by atoms with E-state index < -0.39 is 0 Å². The number of carbonyl (C=O) groups is 1. The number of aryl methyl sites for hydroxylation is 1. The average molecular weight is 315 g/mol. The monoisotopic (exact) mass is 315 g/mol. The van der Waals surface area contributed by atoms with Crippen molar-refractivity contribution in [2.75, 3.05) is 7.05 Å². The van der Waals surface area contributed by atoms with Crippen LogP contribution in [0.5, 0.6) is 0 Å². The molecular weight excluding hydrogens is 301 g/mol. The Balaban J connectivity index is 2.27. The quantitative estimate of drug-likeness (QED) is 0.769. The van der Waals surface area contributed by atoms with E-state index in [0.29, 0.717) is 6.04 Å². The van der Waals surface area contributed by atoms with Gasteiger partial charge < -0.3 is 4.90 Å². The summed E-state index contributed by atoms with van der Waals surface area (Å²) in [5.41, 5.74) is 1.98. The van der Waals surface area contributed by atoms with Gasteiger partial charge in [-0.25, -0.2) is 0 Å². The first-order valence-electron chi connectivity index (χ1n) is 5.13. The molecule has 0 saturated heterocycles. The lowest BCUT2D eigenvalue weighted by Crippen LogP contribution is -2.29. The van der Waals surface area contributed by atoms with Gasteiger partial charge in [-0.15, -0.1) is 0 Å². The van der Waals surface area contributed by atoms with E-state index in [9.17, 15) is 4.79 Å². The van der Waals surface area contributed by atoms with Crippen molar-refractivity contribution in [2.45, 2.75) is 25.8 Å². The first kappa shape index (κ1) is 10.9. The van der Waals surface area contributed by atoms with Crippen molar-refractivity contribution < 1.29 is 4.79 Å². The minimum atomic E-state index is 0.158. The molecule has 0 N–H and O–H groups in total. The molecular formula is C12H14INO. The molecule has 0 bridgehead atoms. The predicted molar refractivity (Wildman–Crippen MR) is 69.0 cm³/mol. The first-order chi connectivity index (χ1) is 7.09. The highest BCUT2D eigenvalue weighted by atomic mass is 127. The third kappa shape index (κ3) is 2.33. The van der Waals surface area contributed by atoms with Gasteiger partial charge in [0.25, 0.3) is 5.91 Å². The molecule has 0 aliphatic heterocycles. The number of hydrogen-bond donors (Lipinski definition) is 0. The van der Waals surface area contributed by atoms with Crippen LogP contribution in [0.15, 0.2) is 18.2 Å². The molecule has 0 aromatic heterocycles. The molecule has 80 valence electrons. The summed E-state index contributed by atoms with van der Waals surface area (Å²) in [6, 6.07) is 6.50. The maximum atomic E-state index is 12.1. The number of halogens is 1. The Morgan fingerprint density at radius 1 is 1.47 bits per heavy atom. The highest BCUT2D eigenvalue weighted by Crippen LogP contribution is 2.27. The van der Waals surface area contributed by atoms with Crippen molar-refractivity contribution in [3.05, 3.63) is 32.9 Å². The molecule has 0 atom stereocenters. The summed E-state index contributed by atoms with van der Waals surface area (Å²) in [6.07, 6.45) is 2.31. The maximum absolute atomic E-state index is 12.1. The Morgan fingerprint density at radius 3 is 2.73 bits per heavy atom. The summed E-state index contributed by atoms with van der Waals surface area (Å²) in [6.45, 7) is 2.02. The van der Waals surface area contributed by atoms with Crippen LogP contribution in [0.25, 0.3) is 0 Å². The fourth-order valence-corrected chi connectivity index (χ4v) is 2.19. The molecule has 2 nitrogen and oxygen atoms in total. The molecule has 1 aromatic rings. The van der Waals surface area contributed by atoms with Gasteiger partial charge in [-0.1, -0.05) is 11.6 Å². The number of nitrogens with zero attached hydrogens (tertiary/aromatic N) is 1. The van der Waals surface area contributed by atoms with Crippen molar-refractivity contribution in [2.24, 2.45) is 0 Å². The number of amides is 1. The second kappa shape index (κ2) is 4.12. The third-order valence-corrected chi connectivity index (χ3v) is 3.71. The minimum absolute atomic E-state index is 0.158. The Kier molecular flexibility index (Phi) is 3.00. The molecule has 1 amide bonds. The molecule has 1 aliphatic carbocycles. The summed E-state index contributed by atoms with van der Waals surface area (Å²) < 4.78 is 1.04. The molecule has 1 saturated carbocycles. The fraction of sp³-hybridized carbons (Fsp3) is 0.417. The lowest BCUT2D eigenvalue weighted by atomic mass is 10.1. The van der Waals surface area contributed by atoms with E-state index >= 15 is 0 Å². The van der Waals surface area contributed by atoms with Crippen LogP contribution in [-0.2, 0) is 0 Å². The second-order valence-corrected chi connectivity index (χ2v) is 5.29. The lowest BCUT2D eigenvalue weighted by molar-refractivity contribution is 0.0784. The molecule has 1 aromatic carbocycles. The molecule has 0 unspecified atom stereocenters. The maximum Gasteiger partial charge on any atom is 0.254 e. The van der Waals surface area contributed by atoms with Crippen LogP contribution in [0.2, 0.25) is 0 Å². The van der Waals surface area contributed by atoms with Crippen molar-refractivity contribution in [3.8, 4) is 0 Å². The van der Waals surface area contributed by atoms with E-state index in [1.807, 2.05) is 37.1 Å². The fourth-order valence-electron chi connectivity index (χ4n) is 1.62. The van der Waals surface area contributed by atoms with Gasteiger partial charge in [0.05, 0.1) is 5.56 Å². The zero-order chi connectivity index (χ0) is 11.0. The molecule has 0 spiro atoms. The normalized spacial score (nSPS) is 15.1. The van der Waals surface area contributed by atoms with Crippen molar-refractivity contribution >= 4 is 28.5 Å². The second-order valence-electron chi connectivity index (χ2n) is 4.13. The lowest BCUT2D eigenvalue weighted by Gasteiger charge is -2.17. The van der Waals surface area contributed by atoms with Gasteiger partial charge in [0.2, 0.25) is 0 Å². The highest BCUT2D eigenvalue weighted by Gasteiger charge is 2.30. The SMILES string of the molecule is Cc1ccc(I)c(C(=O)N(C)C2CC2)c1. The zero-order valence-corrected chi connectivity index (χ0v) is 11.1. The van der Waals surface area contributed by atoms with Crippen LogP contribution in [0.3, 0.4) is 0 Å². The van der Waals surface area contributed by atoms with Gasteiger partial charge in [-0.05, 0) is 54.5 Å². The Morgan fingerprint density at radius 2 is 2.13 bits per heavy atom. The van der Waals surface area contributed by atoms with Crippen LogP contribution in [-0.4, -0.2) is 23.9 Å². The standard InChI is InChI=1S/C12H14INO/c1-8-3-6-11(13)10(7-8)12(15)14(2)9-4-5-9/h3,6-7,9H,4-5H2,1-2H3. The summed E-state index contributed by atoms with van der Waals surface area (Å²) >= 11 is 2.22. The van der Waals surface area contributed by atoms with E-state index in [4.69, 9.17) is 0 Å². The number of carbonyl (C=O) groups excluding carboxylic acids is 1. The molecule has 2 rings (SSSR count). The van der Waals surface area contributed by atoms with Crippen molar-refractivity contribution in [1.82, 2.24) is 4.90 Å². The van der Waals surface area contributed by atoms with Crippen LogP contribution >= 0.6 is 22.6 Å². The first-order valence-corrected chi connectivity index (χ1v) is 6.21. The van der Waals surface area contributed by atoms with Gasteiger partial charge >= 0.3 is 0 Å². The molecule has 3 heteroatoms. The molecule has 0 heterocycles. The van der Waals surface area contributed by atoms with Gasteiger partial charge in [0.15, 0.2) is 0 Å². The number of rotatable bonds is 2. The van der Waals surface area contributed by atoms with Crippen LogP contribution in [0.1, 0.15) is 28.8 Å². The van der Waals surface area contributed by atoms with Gasteiger partial charge in [-0.2, -0.15) is 0 Å². The van der Waals surface area contributed by atoms with Gasteiger partial charge in [-0.3, -0.25) is 4.79 Å². The van der Waals surface area contributed by atoms with Crippen LogP contribution in [0.4, 0.5) is 0 Å². The van der Waals surface area contributed by atoms with E-state index in [-0.39, 0.29) is 5.91 Å². The van der Waals surface area contributed by atoms with Crippen LogP contribution < -0.4 is 0 Å². The van der Waals surface area contributed by atoms with Gasteiger partial charge in [0.1, 0.15) is 0 Å². The topological polar surface area (TPSA) is 20.3 Å². The van der Waals surface area contributed by atoms with Crippen molar-refractivity contribution in [3.63, 3.8) is 0 Å². The third-order valence-electron chi connectivity index (χ3n) is 2.77. The predicted octanol–water partition coefficient (Wildman–Crippen LogP) is 2.83. The molecule has 15 heavy (non-hydrogen) atoms. The van der Waals surface area contributed by atoms with Crippen molar-refractivity contribution in [1.29, 1.82) is 0 Å². The summed E-state index contributed by atoms with van der Waals surface area (Å²) in [4.78, 5) is 14.0. The smallest absolute Gasteiger partial charge is 0.254 e. The minimum Gasteiger partial charge on any atom is -0.339 e. The van der Waals surface area contributed by atoms with E-state index in [2.05, 4.69) is 22.6 Å². The molecule has 1 aliphatic rings. The highest BCUT2D eigenvalue weighted by molar-refractivity contribution is 14.1. The van der Waals surface area contributed by atoms with Gasteiger partial charge in [0, 0.05) is 16.7 Å². The van der Waals surface area contributed by atoms with E-state index in [0.717, 1.165) is 27.5 Å². The van der Waals surface area contributed by atoms with E-state index in [1.54, 1.807) is 0 Å². The molecule has 1 fully saturated rings. The van der Waals surface area contributed by atoms with E-state index in [1.165, 1.54) is 0 Å². The van der Waals surface area contributed by atoms with Crippen LogP contribution in [0, 0.1) is 10.5 Å². The average Bonchev–Trinajstić information content (AvgIpc) is 3.03. The Hall–Kier alpha value is -0.580. The molecule has 0 radical (unpaired) electrons. The summed E-state index contributed by atoms with van der Waals surface area (Å²) in [5.74, 6) is 0.158. The number of benzene rings is 1. The Labute approximate surface area is 104 Å². The zero-order valence-electron chi connectivity index (χ0n) is 8.96. The summed E-state index contributed by atoms with van der Waals surface area (Å²) in [7, 11) is 1.90. The summed E-state index contributed by atoms with van der Waals surface area (Å²) in [5, 5.41) is 0. The number of hydrogen-bond acceptors (Lipinski definition) is 1.